The first kappa shape index (κ1) is 14.4. The van der Waals surface area contributed by atoms with Gasteiger partial charge >= 0.3 is 0 Å². The summed E-state index contributed by atoms with van der Waals surface area (Å²) in [6, 6.07) is 12.9. The zero-order chi connectivity index (χ0) is 13.8. The van der Waals surface area contributed by atoms with Gasteiger partial charge in [0.1, 0.15) is 5.82 Å². The first-order valence-corrected chi connectivity index (χ1v) is 7.24. The van der Waals surface area contributed by atoms with Gasteiger partial charge in [-0.15, -0.1) is 11.6 Å². The fourth-order valence-electron chi connectivity index (χ4n) is 2.06. The molecule has 0 saturated carbocycles. The SMILES string of the molecule is CN(Cc1ccccc1Br)c1c(F)cccc1CCl. The molecule has 0 saturated heterocycles. The highest BCUT2D eigenvalue weighted by atomic mass is 79.9. The van der Waals surface area contributed by atoms with E-state index in [1.807, 2.05) is 42.3 Å². The third kappa shape index (κ3) is 3.28. The van der Waals surface area contributed by atoms with Crippen LogP contribution in [-0.4, -0.2) is 7.05 Å². The molecule has 2 rings (SSSR count). The lowest BCUT2D eigenvalue weighted by molar-refractivity contribution is 0.620. The highest BCUT2D eigenvalue weighted by molar-refractivity contribution is 9.10. The summed E-state index contributed by atoms with van der Waals surface area (Å²) in [5.41, 5.74) is 2.47. The van der Waals surface area contributed by atoms with Crippen molar-refractivity contribution in [2.24, 2.45) is 0 Å². The van der Waals surface area contributed by atoms with Gasteiger partial charge in [0.25, 0.3) is 0 Å². The average Bonchev–Trinajstić information content (AvgIpc) is 2.40. The Morgan fingerprint density at radius 1 is 1.11 bits per heavy atom. The van der Waals surface area contributed by atoms with Crippen LogP contribution >= 0.6 is 27.5 Å². The lowest BCUT2D eigenvalue weighted by Gasteiger charge is -2.23. The lowest BCUT2D eigenvalue weighted by atomic mass is 10.1. The van der Waals surface area contributed by atoms with Crippen molar-refractivity contribution in [3.63, 3.8) is 0 Å². The third-order valence-corrected chi connectivity index (χ3v) is 4.02. The largest absolute Gasteiger partial charge is 0.368 e. The molecule has 1 nitrogen and oxygen atoms in total. The lowest BCUT2D eigenvalue weighted by Crippen LogP contribution is -2.19. The maximum absolute atomic E-state index is 14.0. The molecule has 2 aromatic carbocycles. The molecule has 0 amide bonds. The molecule has 0 N–H and O–H groups in total. The molecular weight excluding hydrogens is 329 g/mol. The predicted molar refractivity (Wildman–Crippen MR) is 82.2 cm³/mol. The monoisotopic (exact) mass is 341 g/mol. The van der Waals surface area contributed by atoms with Crippen LogP contribution in [0.15, 0.2) is 46.9 Å². The molecule has 0 unspecified atom stereocenters. The van der Waals surface area contributed by atoms with Gasteiger partial charge in [-0.3, -0.25) is 0 Å². The maximum Gasteiger partial charge on any atom is 0.146 e. The second-order valence-electron chi connectivity index (χ2n) is 4.33. The van der Waals surface area contributed by atoms with Crippen molar-refractivity contribution in [3.05, 3.63) is 63.9 Å². The summed E-state index contributed by atoms with van der Waals surface area (Å²) in [5, 5.41) is 0. The Bertz CT molecular complexity index is 574. The molecule has 0 radical (unpaired) electrons. The van der Waals surface area contributed by atoms with Crippen LogP contribution in [0, 0.1) is 5.82 Å². The second kappa shape index (κ2) is 6.40. The van der Waals surface area contributed by atoms with Crippen molar-refractivity contribution in [3.8, 4) is 0 Å². The quantitative estimate of drug-likeness (QED) is 0.710. The third-order valence-electron chi connectivity index (χ3n) is 2.96. The molecule has 0 aliphatic carbocycles. The van der Waals surface area contributed by atoms with E-state index in [0.29, 0.717) is 18.1 Å². The number of hydrogen-bond donors (Lipinski definition) is 0. The molecule has 0 aromatic heterocycles. The molecule has 0 bridgehead atoms. The molecule has 2 aromatic rings. The Balaban J connectivity index is 2.30. The number of benzene rings is 2. The molecule has 0 spiro atoms. The van der Waals surface area contributed by atoms with Crippen molar-refractivity contribution in [2.45, 2.75) is 12.4 Å². The normalized spacial score (nSPS) is 10.5. The summed E-state index contributed by atoms with van der Waals surface area (Å²) in [7, 11) is 1.87. The zero-order valence-corrected chi connectivity index (χ0v) is 12.9. The van der Waals surface area contributed by atoms with E-state index in [0.717, 1.165) is 15.6 Å². The molecule has 0 fully saturated rings. The number of hydrogen-bond acceptors (Lipinski definition) is 1. The molecule has 100 valence electrons. The van der Waals surface area contributed by atoms with Crippen molar-refractivity contribution in [2.75, 3.05) is 11.9 Å². The predicted octanol–water partition coefficient (Wildman–Crippen LogP) is 4.96. The number of para-hydroxylation sites is 1. The van der Waals surface area contributed by atoms with Gasteiger partial charge < -0.3 is 4.90 Å². The second-order valence-corrected chi connectivity index (χ2v) is 5.45. The fraction of sp³-hybridized carbons (Fsp3) is 0.200. The Morgan fingerprint density at radius 2 is 1.79 bits per heavy atom. The van der Waals surface area contributed by atoms with Crippen LogP contribution in [0.4, 0.5) is 10.1 Å². The summed E-state index contributed by atoms with van der Waals surface area (Å²) >= 11 is 9.38. The minimum absolute atomic E-state index is 0.243. The first-order chi connectivity index (χ1) is 9.13. The molecule has 0 aliphatic heterocycles. The van der Waals surface area contributed by atoms with Crippen LogP contribution in [0.3, 0.4) is 0 Å². The van der Waals surface area contributed by atoms with Gasteiger partial charge in [0, 0.05) is 23.9 Å². The smallest absolute Gasteiger partial charge is 0.146 e. The topological polar surface area (TPSA) is 3.24 Å². The summed E-state index contributed by atoms with van der Waals surface area (Å²) in [6.45, 7) is 0.617. The minimum Gasteiger partial charge on any atom is -0.368 e. The van der Waals surface area contributed by atoms with E-state index in [9.17, 15) is 4.39 Å². The van der Waals surface area contributed by atoms with E-state index < -0.39 is 0 Å². The summed E-state index contributed by atoms with van der Waals surface area (Å²) < 4.78 is 15.0. The number of nitrogens with zero attached hydrogens (tertiary/aromatic N) is 1. The van der Waals surface area contributed by atoms with E-state index in [2.05, 4.69) is 15.9 Å². The van der Waals surface area contributed by atoms with Gasteiger partial charge in [0.2, 0.25) is 0 Å². The van der Waals surface area contributed by atoms with Crippen LogP contribution in [0.1, 0.15) is 11.1 Å². The van der Waals surface area contributed by atoms with Gasteiger partial charge in [-0.2, -0.15) is 0 Å². The average molecular weight is 343 g/mol. The van der Waals surface area contributed by atoms with Gasteiger partial charge in [-0.25, -0.2) is 4.39 Å². The van der Waals surface area contributed by atoms with Crippen LogP contribution < -0.4 is 4.90 Å². The minimum atomic E-state index is -0.243. The maximum atomic E-state index is 14.0. The summed E-state index contributed by atoms with van der Waals surface area (Å²) in [4.78, 5) is 1.88. The van der Waals surface area contributed by atoms with E-state index in [1.165, 1.54) is 6.07 Å². The van der Waals surface area contributed by atoms with Crippen LogP contribution in [0.25, 0.3) is 0 Å². The van der Waals surface area contributed by atoms with Crippen LogP contribution in [-0.2, 0) is 12.4 Å². The van der Waals surface area contributed by atoms with Crippen molar-refractivity contribution >= 4 is 33.2 Å². The Morgan fingerprint density at radius 3 is 2.47 bits per heavy atom. The van der Waals surface area contributed by atoms with Crippen LogP contribution in [0.2, 0.25) is 0 Å². The van der Waals surface area contributed by atoms with Gasteiger partial charge in [-0.05, 0) is 23.3 Å². The molecule has 19 heavy (non-hydrogen) atoms. The highest BCUT2D eigenvalue weighted by Gasteiger charge is 2.13. The first-order valence-electron chi connectivity index (χ1n) is 5.91. The van der Waals surface area contributed by atoms with Gasteiger partial charge in [0.15, 0.2) is 0 Å². The van der Waals surface area contributed by atoms with Crippen molar-refractivity contribution in [1.29, 1.82) is 0 Å². The highest BCUT2D eigenvalue weighted by Crippen LogP contribution is 2.27. The number of alkyl halides is 1. The number of anilines is 1. The van der Waals surface area contributed by atoms with Gasteiger partial charge in [-0.1, -0.05) is 46.3 Å². The molecular formula is C15H14BrClFN. The molecule has 0 heterocycles. The zero-order valence-electron chi connectivity index (χ0n) is 10.5. The Kier molecular flexibility index (Phi) is 4.83. The summed E-state index contributed by atoms with van der Waals surface area (Å²) in [5.74, 6) is 0.0561. The molecule has 0 aliphatic rings. The Labute approximate surface area is 126 Å². The molecule has 0 atom stereocenters. The number of halogens is 3. The summed E-state index contributed by atoms with van der Waals surface area (Å²) in [6.07, 6.45) is 0. The fourth-order valence-corrected chi connectivity index (χ4v) is 2.68. The van der Waals surface area contributed by atoms with Gasteiger partial charge in [0.05, 0.1) is 5.69 Å². The standard InChI is InChI=1S/C15H14BrClFN/c1-19(10-12-5-2-3-7-13(12)16)15-11(9-17)6-4-8-14(15)18/h2-8H,9-10H2,1H3. The van der Waals surface area contributed by atoms with Crippen molar-refractivity contribution in [1.82, 2.24) is 0 Å². The van der Waals surface area contributed by atoms with Crippen molar-refractivity contribution < 1.29 is 4.39 Å². The van der Waals surface area contributed by atoms with E-state index >= 15 is 0 Å². The Hall–Kier alpha value is -1.06. The number of rotatable bonds is 4. The molecule has 4 heteroatoms. The van der Waals surface area contributed by atoms with E-state index in [1.54, 1.807) is 6.07 Å². The van der Waals surface area contributed by atoms with Crippen LogP contribution in [0.5, 0.6) is 0 Å². The van der Waals surface area contributed by atoms with E-state index in [4.69, 9.17) is 11.6 Å². The van der Waals surface area contributed by atoms with E-state index in [-0.39, 0.29) is 5.82 Å².